The summed E-state index contributed by atoms with van der Waals surface area (Å²) < 4.78 is 0.637. The zero-order valence-electron chi connectivity index (χ0n) is 26.6. The number of halogens is 1. The van der Waals surface area contributed by atoms with E-state index in [0.717, 1.165) is 19.5 Å². The maximum Gasteiger partial charge on any atom is 0.251 e. The van der Waals surface area contributed by atoms with Crippen molar-refractivity contribution in [3.63, 3.8) is 0 Å². The van der Waals surface area contributed by atoms with E-state index in [-0.39, 0.29) is 30.4 Å². The van der Waals surface area contributed by atoms with Gasteiger partial charge in [-0.3, -0.25) is 28.8 Å². The normalized spacial score (nSPS) is 12.4. The van der Waals surface area contributed by atoms with Crippen LogP contribution in [0, 0.1) is 5.92 Å². The smallest absolute Gasteiger partial charge is 0.251 e. The lowest BCUT2D eigenvalue weighted by Gasteiger charge is -2.25. The zero-order chi connectivity index (χ0) is 33.4. The lowest BCUT2D eigenvalue weighted by molar-refractivity contribution is -0.132. The molecule has 13 nitrogen and oxygen atoms in total. The molecule has 1 aromatic rings. The lowest BCUT2D eigenvalue weighted by atomic mass is 10.1. The van der Waals surface area contributed by atoms with E-state index in [0.29, 0.717) is 29.0 Å². The second-order valence-corrected chi connectivity index (χ2v) is 12.0. The number of benzene rings is 1. The summed E-state index contributed by atoms with van der Waals surface area (Å²) >= 11 is 3.24. The number of nitrogen functional groups attached to an aromatic ring is 1. The van der Waals surface area contributed by atoms with Gasteiger partial charge in [-0.15, -0.1) is 0 Å². The molecule has 1 rings (SSSR count). The second-order valence-electron chi connectivity index (χ2n) is 11.1. The van der Waals surface area contributed by atoms with Gasteiger partial charge in [0.1, 0.15) is 12.1 Å². The van der Waals surface area contributed by atoms with Crippen LogP contribution in [0.2, 0.25) is 0 Å². The van der Waals surface area contributed by atoms with Crippen molar-refractivity contribution in [2.45, 2.75) is 78.9 Å². The number of ketones is 1. The summed E-state index contributed by atoms with van der Waals surface area (Å²) in [5.41, 5.74) is 6.42. The number of anilines is 1. The van der Waals surface area contributed by atoms with Crippen LogP contribution in [0.3, 0.4) is 0 Å². The average Bonchev–Trinajstić information content (AvgIpc) is 2.97. The number of nitrogens with zero attached hydrogens (tertiary/aromatic N) is 1. The Balaban J connectivity index is 2.60. The molecule has 1 aromatic carbocycles. The Morgan fingerprint density at radius 3 is 2.05 bits per heavy atom. The molecule has 246 valence electrons. The molecule has 44 heavy (non-hydrogen) atoms. The van der Waals surface area contributed by atoms with Gasteiger partial charge in [0, 0.05) is 27.7 Å². The predicted octanol–water partition coefficient (Wildman–Crippen LogP) is 1.11. The van der Waals surface area contributed by atoms with Crippen molar-refractivity contribution in [1.82, 2.24) is 31.5 Å². The van der Waals surface area contributed by atoms with Crippen LogP contribution >= 0.6 is 15.9 Å². The average molecular weight is 683 g/mol. The fourth-order valence-corrected chi connectivity index (χ4v) is 4.33. The van der Waals surface area contributed by atoms with Gasteiger partial charge >= 0.3 is 0 Å². The number of nitrogens with two attached hydrogens (primary N) is 1. The van der Waals surface area contributed by atoms with E-state index in [4.69, 9.17) is 5.73 Å². The minimum Gasteiger partial charge on any atom is -0.398 e. The van der Waals surface area contributed by atoms with Crippen molar-refractivity contribution in [3.05, 3.63) is 28.2 Å². The molecule has 0 saturated heterocycles. The number of Topliss-reactive ketones (excluding diaryl/α,β-unsaturated/α-hetero) is 1. The number of hydrogen-bond donors (Lipinski definition) is 6. The zero-order valence-corrected chi connectivity index (χ0v) is 28.1. The van der Waals surface area contributed by atoms with E-state index in [2.05, 4.69) is 68.2 Å². The van der Waals surface area contributed by atoms with Gasteiger partial charge in [-0.25, -0.2) is 0 Å². The number of unbranched alkanes of at least 4 members (excludes halogenated alkanes) is 1. The first-order valence-electron chi connectivity index (χ1n) is 14.9. The van der Waals surface area contributed by atoms with Crippen molar-refractivity contribution < 1.29 is 28.8 Å². The van der Waals surface area contributed by atoms with E-state index in [1.165, 1.54) is 13.0 Å². The van der Waals surface area contributed by atoms with Crippen molar-refractivity contribution in [1.29, 1.82) is 0 Å². The van der Waals surface area contributed by atoms with Gasteiger partial charge in [0.05, 0.1) is 19.6 Å². The third kappa shape index (κ3) is 14.3. The predicted molar refractivity (Wildman–Crippen MR) is 173 cm³/mol. The minimum absolute atomic E-state index is 0.125. The Hall–Kier alpha value is -3.52. The summed E-state index contributed by atoms with van der Waals surface area (Å²) in [6.45, 7) is 12.1. The molecule has 0 radical (unpaired) electrons. The number of nitrogens with one attached hydrogen (secondary N) is 5. The third-order valence-electron chi connectivity index (χ3n) is 6.92. The standard InChI is InChI=1S/C30H48BrN7O6/c1-7-38(19(4)5)13-9-8-10-24(30(44)33-15-25(39)18(2)3)37-27(41)17-34-28(42)20(6)36-26(40)16-35-29(43)21-11-12-22(31)23(32)14-21/h11-12,14,18-20,24H,7-10,13,15-17,32H2,1-6H3,(H,33,44)(H,34,42)(H,35,43)(H,36,40)(H,37,41)/t20-,24-/m0/s1. The van der Waals surface area contributed by atoms with Crippen LogP contribution in [-0.2, 0) is 24.0 Å². The highest BCUT2D eigenvalue weighted by Gasteiger charge is 2.23. The first-order valence-corrected chi connectivity index (χ1v) is 15.7. The number of carbonyl (C=O) groups excluding carboxylic acids is 6. The van der Waals surface area contributed by atoms with Crippen LogP contribution in [0.15, 0.2) is 22.7 Å². The van der Waals surface area contributed by atoms with E-state index >= 15 is 0 Å². The maximum absolute atomic E-state index is 12.8. The monoisotopic (exact) mass is 681 g/mol. The Morgan fingerprint density at radius 2 is 1.45 bits per heavy atom. The van der Waals surface area contributed by atoms with E-state index in [9.17, 15) is 28.8 Å². The van der Waals surface area contributed by atoms with Gasteiger partial charge in [0.25, 0.3) is 5.91 Å². The number of hydrogen-bond acceptors (Lipinski definition) is 8. The number of rotatable bonds is 19. The molecule has 0 heterocycles. The van der Waals surface area contributed by atoms with Gasteiger partial charge in [-0.1, -0.05) is 20.8 Å². The highest BCUT2D eigenvalue weighted by Crippen LogP contribution is 2.20. The largest absolute Gasteiger partial charge is 0.398 e. The molecule has 0 saturated carbocycles. The van der Waals surface area contributed by atoms with Gasteiger partial charge in [0.2, 0.25) is 23.6 Å². The topological polar surface area (TPSA) is 192 Å². The lowest BCUT2D eigenvalue weighted by Crippen LogP contribution is -2.52. The second kappa shape index (κ2) is 19.7. The Kier molecular flexibility index (Phi) is 17.2. The minimum atomic E-state index is -1.00. The summed E-state index contributed by atoms with van der Waals surface area (Å²) in [6, 6.07) is 3.14. The summed E-state index contributed by atoms with van der Waals surface area (Å²) in [5, 5.41) is 12.6. The molecule has 0 spiro atoms. The molecular weight excluding hydrogens is 634 g/mol. The summed E-state index contributed by atoms with van der Waals surface area (Å²) in [5.74, 6) is -3.17. The van der Waals surface area contributed by atoms with E-state index in [1.807, 2.05) is 0 Å². The first kappa shape index (κ1) is 38.5. The van der Waals surface area contributed by atoms with Crippen molar-refractivity contribution in [2.75, 3.05) is 38.5 Å². The molecule has 0 aliphatic heterocycles. The summed E-state index contributed by atoms with van der Waals surface area (Å²) in [6.07, 6.45) is 1.85. The van der Waals surface area contributed by atoms with Crippen LogP contribution in [0.5, 0.6) is 0 Å². The molecule has 0 bridgehead atoms. The summed E-state index contributed by atoms with van der Waals surface area (Å²) in [4.78, 5) is 76.8. The Bertz CT molecular complexity index is 1160. The van der Waals surface area contributed by atoms with Crippen LogP contribution in [0.4, 0.5) is 5.69 Å². The van der Waals surface area contributed by atoms with Crippen LogP contribution in [-0.4, -0.2) is 91.1 Å². The highest BCUT2D eigenvalue weighted by molar-refractivity contribution is 9.10. The fraction of sp³-hybridized carbons (Fsp3) is 0.600. The molecule has 0 aliphatic carbocycles. The van der Waals surface area contributed by atoms with Crippen LogP contribution in [0.25, 0.3) is 0 Å². The van der Waals surface area contributed by atoms with Crippen molar-refractivity contribution in [2.24, 2.45) is 5.92 Å². The number of carbonyl (C=O) groups is 6. The van der Waals surface area contributed by atoms with Crippen molar-refractivity contribution >= 4 is 56.9 Å². The molecule has 0 aliphatic rings. The molecule has 7 N–H and O–H groups in total. The summed E-state index contributed by atoms with van der Waals surface area (Å²) in [7, 11) is 0. The Morgan fingerprint density at radius 1 is 0.841 bits per heavy atom. The van der Waals surface area contributed by atoms with Crippen LogP contribution in [0.1, 0.15) is 71.2 Å². The van der Waals surface area contributed by atoms with Gasteiger partial charge in [-0.2, -0.15) is 0 Å². The quantitative estimate of drug-likeness (QED) is 0.0924. The van der Waals surface area contributed by atoms with Gasteiger partial charge in [-0.05, 0) is 87.3 Å². The molecule has 5 amide bonds. The highest BCUT2D eigenvalue weighted by atomic mass is 79.9. The van der Waals surface area contributed by atoms with Gasteiger partial charge < -0.3 is 37.2 Å². The Labute approximate surface area is 268 Å². The third-order valence-corrected chi connectivity index (χ3v) is 7.64. The molecule has 2 atom stereocenters. The first-order chi connectivity index (χ1) is 20.7. The molecule has 0 aromatic heterocycles. The van der Waals surface area contributed by atoms with Crippen LogP contribution < -0.4 is 32.3 Å². The number of amides is 5. The van der Waals surface area contributed by atoms with Gasteiger partial charge in [0.15, 0.2) is 5.78 Å². The SMILES string of the molecule is CCN(CCCC[C@H](NC(=O)CNC(=O)[C@H](C)NC(=O)CNC(=O)c1ccc(Br)c(N)c1)C(=O)NCC(=O)C(C)C)C(C)C. The molecule has 0 unspecified atom stereocenters. The molecule has 14 heteroatoms. The van der Waals surface area contributed by atoms with E-state index in [1.54, 1.807) is 26.0 Å². The molecular formula is C30H48BrN7O6. The van der Waals surface area contributed by atoms with E-state index < -0.39 is 48.2 Å². The maximum atomic E-state index is 12.8. The molecule has 0 fully saturated rings. The fourth-order valence-electron chi connectivity index (χ4n) is 4.09. The van der Waals surface area contributed by atoms with Crippen molar-refractivity contribution in [3.8, 4) is 0 Å².